The smallest absolute Gasteiger partial charge is 0.266 e. The van der Waals surface area contributed by atoms with Gasteiger partial charge in [0, 0.05) is 22.8 Å². The normalized spacial score (nSPS) is 10.3. The zero-order chi connectivity index (χ0) is 13.0. The minimum Gasteiger partial charge on any atom is -0.383 e. The van der Waals surface area contributed by atoms with Crippen LogP contribution in [0.2, 0.25) is 0 Å². The average molecular weight is 308 g/mol. The van der Waals surface area contributed by atoms with E-state index in [0.29, 0.717) is 13.1 Å². The van der Waals surface area contributed by atoms with Crippen molar-refractivity contribution in [2.24, 2.45) is 0 Å². The predicted molar refractivity (Wildman–Crippen MR) is 75.9 cm³/mol. The molecule has 0 atom stereocenters. The Morgan fingerprint density at radius 3 is 2.94 bits per heavy atom. The first-order valence-corrected chi connectivity index (χ1v) is 6.49. The van der Waals surface area contributed by atoms with Crippen LogP contribution in [-0.2, 0) is 6.54 Å². The highest BCUT2D eigenvalue weighted by Gasteiger charge is 1.98. The summed E-state index contributed by atoms with van der Waals surface area (Å²) in [7, 11) is 0. The molecule has 2 aromatic rings. The monoisotopic (exact) mass is 307 g/mol. The lowest BCUT2D eigenvalue weighted by Gasteiger charge is -2.08. The number of hydrogen-bond acceptors (Lipinski definition) is 3. The van der Waals surface area contributed by atoms with Crippen molar-refractivity contribution in [3.8, 4) is 0 Å². The first-order valence-electron chi connectivity index (χ1n) is 5.69. The van der Waals surface area contributed by atoms with Gasteiger partial charge < -0.3 is 5.32 Å². The summed E-state index contributed by atoms with van der Waals surface area (Å²) in [5, 5.41) is 7.43. The van der Waals surface area contributed by atoms with Gasteiger partial charge in [-0.15, -0.1) is 0 Å². The zero-order valence-electron chi connectivity index (χ0n) is 10.1. The second-order valence-corrected chi connectivity index (χ2v) is 4.89. The summed E-state index contributed by atoms with van der Waals surface area (Å²) in [5.41, 5.74) is 1.79. The Balaban J connectivity index is 1.96. The number of aryl methyl sites for hydroxylation is 1. The molecule has 0 saturated heterocycles. The second-order valence-electron chi connectivity index (χ2n) is 3.97. The molecular weight excluding hydrogens is 294 g/mol. The molecule has 0 aliphatic heterocycles. The molecule has 1 N–H and O–H groups in total. The Labute approximate surface area is 114 Å². The van der Waals surface area contributed by atoms with Crippen molar-refractivity contribution < 1.29 is 0 Å². The number of benzene rings is 1. The first kappa shape index (κ1) is 12.8. The Morgan fingerprint density at radius 1 is 1.33 bits per heavy atom. The molecule has 0 radical (unpaired) electrons. The highest BCUT2D eigenvalue weighted by atomic mass is 79.9. The van der Waals surface area contributed by atoms with Gasteiger partial charge in [-0.3, -0.25) is 4.79 Å². The van der Waals surface area contributed by atoms with Crippen molar-refractivity contribution in [2.75, 3.05) is 11.9 Å². The molecule has 0 aliphatic carbocycles. The largest absolute Gasteiger partial charge is 0.383 e. The molecule has 4 nitrogen and oxygen atoms in total. The van der Waals surface area contributed by atoms with Gasteiger partial charge in [0.25, 0.3) is 5.56 Å². The van der Waals surface area contributed by atoms with Crippen LogP contribution in [0.3, 0.4) is 0 Å². The Kier molecular flexibility index (Phi) is 4.15. The summed E-state index contributed by atoms with van der Waals surface area (Å²) in [6, 6.07) is 11.2. The number of aromatic nitrogens is 2. The minimum atomic E-state index is -0.0726. The molecule has 18 heavy (non-hydrogen) atoms. The van der Waals surface area contributed by atoms with E-state index >= 15 is 0 Å². The van der Waals surface area contributed by atoms with Gasteiger partial charge in [0.05, 0.1) is 12.2 Å². The third-order valence-corrected chi connectivity index (χ3v) is 2.97. The van der Waals surface area contributed by atoms with Crippen molar-refractivity contribution in [2.45, 2.75) is 13.5 Å². The standard InChI is InChI=1S/C13H14BrN3O/c1-10-5-6-13(18)17(16-10)8-7-15-12-4-2-3-11(14)9-12/h2-6,9,15H,7-8H2,1H3. The molecule has 1 heterocycles. The van der Waals surface area contributed by atoms with Crippen LogP contribution in [-0.4, -0.2) is 16.3 Å². The highest BCUT2D eigenvalue weighted by Crippen LogP contribution is 2.15. The summed E-state index contributed by atoms with van der Waals surface area (Å²) >= 11 is 3.41. The summed E-state index contributed by atoms with van der Waals surface area (Å²) < 4.78 is 2.50. The van der Waals surface area contributed by atoms with Gasteiger partial charge in [-0.05, 0) is 31.2 Å². The maximum Gasteiger partial charge on any atom is 0.266 e. The highest BCUT2D eigenvalue weighted by molar-refractivity contribution is 9.10. The van der Waals surface area contributed by atoms with Gasteiger partial charge in [-0.2, -0.15) is 5.10 Å². The summed E-state index contributed by atoms with van der Waals surface area (Å²) in [6.45, 7) is 3.08. The number of halogens is 1. The fourth-order valence-corrected chi connectivity index (χ4v) is 2.01. The molecule has 0 amide bonds. The fourth-order valence-electron chi connectivity index (χ4n) is 1.62. The van der Waals surface area contributed by atoms with Gasteiger partial charge >= 0.3 is 0 Å². The van der Waals surface area contributed by atoms with Crippen molar-refractivity contribution in [3.63, 3.8) is 0 Å². The summed E-state index contributed by atoms with van der Waals surface area (Å²) in [6.07, 6.45) is 0. The van der Waals surface area contributed by atoms with Crippen LogP contribution >= 0.6 is 15.9 Å². The molecule has 0 aliphatic rings. The van der Waals surface area contributed by atoms with Crippen LogP contribution in [0.4, 0.5) is 5.69 Å². The Bertz CT molecular complexity index is 595. The topological polar surface area (TPSA) is 46.9 Å². The van der Waals surface area contributed by atoms with Gasteiger partial charge in [-0.1, -0.05) is 22.0 Å². The molecule has 1 aromatic carbocycles. The molecule has 0 fully saturated rings. The molecule has 5 heteroatoms. The van der Waals surface area contributed by atoms with Crippen LogP contribution in [0.15, 0.2) is 45.7 Å². The van der Waals surface area contributed by atoms with E-state index in [2.05, 4.69) is 26.3 Å². The van der Waals surface area contributed by atoms with Gasteiger partial charge in [-0.25, -0.2) is 4.68 Å². The van der Waals surface area contributed by atoms with Crippen molar-refractivity contribution in [1.82, 2.24) is 9.78 Å². The van der Waals surface area contributed by atoms with E-state index < -0.39 is 0 Å². The van der Waals surface area contributed by atoms with Crippen molar-refractivity contribution in [3.05, 3.63) is 56.9 Å². The third-order valence-electron chi connectivity index (χ3n) is 2.48. The van der Waals surface area contributed by atoms with E-state index in [0.717, 1.165) is 15.9 Å². The molecule has 0 bridgehead atoms. The van der Waals surface area contributed by atoms with Gasteiger partial charge in [0.1, 0.15) is 0 Å². The maximum absolute atomic E-state index is 11.5. The number of anilines is 1. The molecule has 94 valence electrons. The molecular formula is C13H14BrN3O. The number of nitrogens with zero attached hydrogens (tertiary/aromatic N) is 2. The lowest BCUT2D eigenvalue weighted by Crippen LogP contribution is -2.25. The number of rotatable bonds is 4. The SMILES string of the molecule is Cc1ccc(=O)n(CCNc2cccc(Br)c2)n1. The van der Waals surface area contributed by atoms with Crippen molar-refractivity contribution in [1.29, 1.82) is 0 Å². The Morgan fingerprint density at radius 2 is 2.17 bits per heavy atom. The zero-order valence-corrected chi connectivity index (χ0v) is 11.6. The minimum absolute atomic E-state index is 0.0726. The predicted octanol–water partition coefficient (Wildman–Crippen LogP) is 2.43. The fraction of sp³-hybridized carbons (Fsp3) is 0.231. The lowest BCUT2D eigenvalue weighted by molar-refractivity contribution is 0.589. The molecule has 0 unspecified atom stereocenters. The van der Waals surface area contributed by atoms with Crippen LogP contribution in [0.5, 0.6) is 0 Å². The lowest BCUT2D eigenvalue weighted by atomic mass is 10.3. The summed E-state index contributed by atoms with van der Waals surface area (Å²) in [5.74, 6) is 0. The number of nitrogens with one attached hydrogen (secondary N) is 1. The van der Waals surface area contributed by atoms with Gasteiger partial charge in [0.15, 0.2) is 0 Å². The molecule has 0 spiro atoms. The first-order chi connectivity index (χ1) is 8.65. The quantitative estimate of drug-likeness (QED) is 0.943. The van der Waals surface area contributed by atoms with E-state index in [4.69, 9.17) is 0 Å². The average Bonchev–Trinajstić information content (AvgIpc) is 2.34. The maximum atomic E-state index is 11.5. The summed E-state index contributed by atoms with van der Waals surface area (Å²) in [4.78, 5) is 11.5. The number of hydrogen-bond donors (Lipinski definition) is 1. The van der Waals surface area contributed by atoms with E-state index in [1.165, 1.54) is 4.68 Å². The second kappa shape index (κ2) is 5.82. The Hall–Kier alpha value is -1.62. The van der Waals surface area contributed by atoms with Gasteiger partial charge in [0.2, 0.25) is 0 Å². The van der Waals surface area contributed by atoms with E-state index in [-0.39, 0.29) is 5.56 Å². The van der Waals surface area contributed by atoms with Crippen LogP contribution in [0, 0.1) is 6.92 Å². The van der Waals surface area contributed by atoms with Crippen LogP contribution < -0.4 is 10.9 Å². The van der Waals surface area contributed by atoms with Crippen LogP contribution in [0.1, 0.15) is 5.69 Å². The van der Waals surface area contributed by atoms with Crippen molar-refractivity contribution >= 4 is 21.6 Å². The molecule has 1 aromatic heterocycles. The molecule has 0 saturated carbocycles. The van der Waals surface area contributed by atoms with E-state index in [1.54, 1.807) is 12.1 Å². The molecule has 2 rings (SSSR count). The van der Waals surface area contributed by atoms with Crippen LogP contribution in [0.25, 0.3) is 0 Å². The third kappa shape index (κ3) is 3.43. The van der Waals surface area contributed by atoms with E-state index in [1.807, 2.05) is 31.2 Å². The van der Waals surface area contributed by atoms with E-state index in [9.17, 15) is 4.79 Å².